The molecule has 0 aliphatic heterocycles. The number of aromatic nitrogens is 2. The fourth-order valence-corrected chi connectivity index (χ4v) is 2.83. The van der Waals surface area contributed by atoms with Crippen LogP contribution in [-0.4, -0.2) is 20.5 Å². The van der Waals surface area contributed by atoms with Crippen LogP contribution in [0.3, 0.4) is 0 Å². The maximum Gasteiger partial charge on any atom is 0.330 e. The van der Waals surface area contributed by atoms with Gasteiger partial charge < -0.3 is 5.21 Å². The van der Waals surface area contributed by atoms with Gasteiger partial charge in [-0.1, -0.05) is 11.6 Å². The first-order chi connectivity index (χ1) is 10.3. The van der Waals surface area contributed by atoms with Gasteiger partial charge in [0.05, 0.1) is 16.2 Å². The van der Waals surface area contributed by atoms with E-state index < -0.39 is 27.0 Å². The number of hydrogen-bond donors (Lipinski definition) is 0. The normalized spacial score (nSPS) is 26.3. The second-order valence-electron chi connectivity index (χ2n) is 5.25. The van der Waals surface area contributed by atoms with E-state index in [9.17, 15) is 25.4 Å². The van der Waals surface area contributed by atoms with E-state index in [2.05, 4.69) is 9.79 Å². The number of hydrogen-bond acceptors (Lipinski definition) is 7. The predicted molar refractivity (Wildman–Crippen MR) is 70.4 cm³/mol. The largest absolute Gasteiger partial charge is 0.359 e. The third kappa shape index (κ3) is 1.60. The summed E-state index contributed by atoms with van der Waals surface area (Å²) in [5, 5.41) is 38.1. The molecule has 0 radical (unpaired) electrons. The molecule has 0 saturated heterocycles. The molecule has 1 aromatic rings. The summed E-state index contributed by atoms with van der Waals surface area (Å²) >= 11 is 0. The Morgan fingerprint density at radius 1 is 1.27 bits per heavy atom. The highest BCUT2D eigenvalue weighted by Crippen LogP contribution is 2.46. The molecule has 1 aromatic heterocycles. The van der Waals surface area contributed by atoms with E-state index in [1.807, 2.05) is 0 Å². The number of rotatable bonds is 2. The quantitative estimate of drug-likeness (QED) is 0.450. The molecular weight excluding hydrogens is 296 g/mol. The van der Waals surface area contributed by atoms with Gasteiger partial charge in [0.1, 0.15) is 5.92 Å². The predicted octanol–water partition coefficient (Wildman–Crippen LogP) is 0.945. The van der Waals surface area contributed by atoms with E-state index in [4.69, 9.17) is 0 Å². The van der Waals surface area contributed by atoms with Gasteiger partial charge in [-0.15, -0.1) is 0 Å². The van der Waals surface area contributed by atoms with Gasteiger partial charge in [-0.25, -0.2) is 0 Å². The molecule has 0 amide bonds. The fraction of sp³-hybridized carbons (Fsp3) is 0.333. The van der Waals surface area contributed by atoms with Crippen LogP contribution in [0.2, 0.25) is 0 Å². The van der Waals surface area contributed by atoms with Crippen molar-refractivity contribution >= 4 is 5.70 Å². The number of fused-ring (bicyclic) bond motifs is 3. The van der Waals surface area contributed by atoms with Gasteiger partial charge in [-0.2, -0.15) is 0 Å². The lowest BCUT2D eigenvalue weighted by Gasteiger charge is -2.30. The van der Waals surface area contributed by atoms with Crippen molar-refractivity contribution in [1.29, 1.82) is 0 Å². The van der Waals surface area contributed by atoms with Crippen molar-refractivity contribution in [1.82, 2.24) is 5.16 Å². The van der Waals surface area contributed by atoms with E-state index in [1.54, 1.807) is 13.8 Å². The van der Waals surface area contributed by atoms with Gasteiger partial charge in [0.15, 0.2) is 0 Å². The van der Waals surface area contributed by atoms with Crippen LogP contribution < -0.4 is 4.90 Å². The van der Waals surface area contributed by atoms with Gasteiger partial charge in [0, 0.05) is 11.0 Å². The molecule has 114 valence electrons. The van der Waals surface area contributed by atoms with Gasteiger partial charge in [0.25, 0.3) is 5.54 Å². The van der Waals surface area contributed by atoms with E-state index in [1.165, 1.54) is 12.2 Å². The summed E-state index contributed by atoms with van der Waals surface area (Å²) in [7, 11) is 0. The lowest BCUT2D eigenvalue weighted by Crippen LogP contribution is -2.48. The number of nitro groups is 2. The van der Waals surface area contributed by atoms with Crippen molar-refractivity contribution in [2.75, 3.05) is 0 Å². The molecule has 10 heteroatoms. The van der Waals surface area contributed by atoms with E-state index >= 15 is 0 Å². The van der Waals surface area contributed by atoms with Crippen LogP contribution in [0.15, 0.2) is 34.0 Å². The van der Waals surface area contributed by atoms with Crippen LogP contribution in [0.1, 0.15) is 31.2 Å². The Morgan fingerprint density at radius 2 is 1.95 bits per heavy atom. The van der Waals surface area contributed by atoms with Crippen molar-refractivity contribution in [3.05, 3.63) is 66.2 Å². The highest BCUT2D eigenvalue weighted by Gasteiger charge is 2.60. The Kier molecular flexibility index (Phi) is 2.67. The third-order valence-electron chi connectivity index (χ3n) is 4.05. The summed E-state index contributed by atoms with van der Waals surface area (Å²) in [4.78, 5) is 21.4. The van der Waals surface area contributed by atoms with E-state index in [0.29, 0.717) is 5.57 Å². The Morgan fingerprint density at radius 3 is 2.55 bits per heavy atom. The van der Waals surface area contributed by atoms with Gasteiger partial charge in [-0.05, 0) is 24.3 Å². The average Bonchev–Trinajstić information content (AvgIpc) is 2.81. The lowest BCUT2D eigenvalue weighted by atomic mass is 9.71. The summed E-state index contributed by atoms with van der Waals surface area (Å²) in [5.74, 6) is -1.02. The third-order valence-corrected chi connectivity index (χ3v) is 4.05. The molecule has 0 unspecified atom stereocenters. The van der Waals surface area contributed by atoms with Crippen LogP contribution >= 0.6 is 0 Å². The molecule has 3 rings (SSSR count). The molecule has 2 aliphatic carbocycles. The van der Waals surface area contributed by atoms with Crippen LogP contribution in [0, 0.1) is 25.4 Å². The molecule has 0 saturated carbocycles. The molecule has 10 nitrogen and oxygen atoms in total. The SMILES string of the molecule is CC1=C[C@@H]2c3c(no[n+]3[O-])C([N+](=O)[O-])=C[C@]2([N+](=O)[O-])C=C1C. The first-order valence-electron chi connectivity index (χ1n) is 6.28. The molecule has 0 N–H and O–H groups in total. The molecule has 22 heavy (non-hydrogen) atoms. The van der Waals surface area contributed by atoms with Crippen LogP contribution in [0.5, 0.6) is 0 Å². The molecule has 0 spiro atoms. The van der Waals surface area contributed by atoms with Crippen molar-refractivity contribution in [3.8, 4) is 0 Å². The summed E-state index contributed by atoms with van der Waals surface area (Å²) in [6.07, 6.45) is 3.79. The number of nitrogens with zero attached hydrogens (tertiary/aromatic N) is 4. The zero-order chi connectivity index (χ0) is 16.2. The van der Waals surface area contributed by atoms with Crippen molar-refractivity contribution in [2.45, 2.75) is 25.3 Å². The molecule has 0 bridgehead atoms. The van der Waals surface area contributed by atoms with Crippen LogP contribution in [0.25, 0.3) is 5.70 Å². The first kappa shape index (κ1) is 13.9. The Balaban J connectivity index is 2.38. The molecule has 2 atom stereocenters. The molecule has 0 aromatic carbocycles. The second-order valence-corrected chi connectivity index (χ2v) is 5.25. The zero-order valence-electron chi connectivity index (χ0n) is 11.5. The topological polar surface area (TPSA) is 139 Å². The van der Waals surface area contributed by atoms with E-state index in [-0.39, 0.29) is 16.3 Å². The molecule has 2 aliphatic rings. The smallest absolute Gasteiger partial charge is 0.330 e. The summed E-state index contributed by atoms with van der Waals surface area (Å²) in [5.41, 5.74) is -1.67. The molecule has 1 heterocycles. The van der Waals surface area contributed by atoms with E-state index in [0.717, 1.165) is 11.6 Å². The Hall–Kier alpha value is -3.04. The van der Waals surface area contributed by atoms with Gasteiger partial charge in [-0.3, -0.25) is 24.9 Å². The average molecular weight is 306 g/mol. The van der Waals surface area contributed by atoms with Crippen molar-refractivity contribution < 1.29 is 19.4 Å². The summed E-state index contributed by atoms with van der Waals surface area (Å²) in [6, 6.07) is 0. The minimum atomic E-state index is -1.91. The standard InChI is InChI=1S/C12H10N4O6/c1-6-3-8-11-10(13-22-15(11)19)9(14(17)18)5-12(8,16(20)21)4-7(6)2/h3-5,8H,1-2H3/t8-,12-/m1/s1. The Labute approximate surface area is 122 Å². The highest BCUT2D eigenvalue weighted by atomic mass is 16.8. The molecular formula is C12H10N4O6. The second kappa shape index (κ2) is 4.23. The maximum absolute atomic E-state index is 11.8. The van der Waals surface area contributed by atoms with Crippen molar-refractivity contribution in [3.63, 3.8) is 0 Å². The fourth-order valence-electron chi connectivity index (χ4n) is 2.83. The van der Waals surface area contributed by atoms with Crippen molar-refractivity contribution in [2.24, 2.45) is 0 Å². The lowest BCUT2D eigenvalue weighted by molar-refractivity contribution is -0.809. The summed E-state index contributed by atoms with van der Waals surface area (Å²) < 4.78 is 4.43. The van der Waals surface area contributed by atoms with Crippen LogP contribution in [-0.2, 0) is 0 Å². The maximum atomic E-state index is 11.8. The number of allylic oxidation sites excluding steroid dienone is 2. The van der Waals surface area contributed by atoms with Gasteiger partial charge in [0.2, 0.25) is 5.69 Å². The monoisotopic (exact) mass is 306 g/mol. The first-order valence-corrected chi connectivity index (χ1v) is 6.28. The molecule has 0 fully saturated rings. The highest BCUT2D eigenvalue weighted by molar-refractivity contribution is 5.65. The minimum Gasteiger partial charge on any atom is -0.359 e. The Bertz CT molecular complexity index is 805. The minimum absolute atomic E-state index is 0.00692. The summed E-state index contributed by atoms with van der Waals surface area (Å²) in [6.45, 7) is 3.41. The van der Waals surface area contributed by atoms with Crippen LogP contribution in [0.4, 0.5) is 0 Å². The van der Waals surface area contributed by atoms with Gasteiger partial charge >= 0.3 is 11.4 Å². The zero-order valence-corrected chi connectivity index (χ0v) is 11.5.